The molecule has 0 aliphatic heterocycles. The number of nitrogen functional groups attached to an aromatic ring is 1. The molecule has 114 valence electrons. The Morgan fingerprint density at radius 3 is 2.52 bits per heavy atom. The maximum atomic E-state index is 12.6. The molecule has 2 aromatic rings. The number of nitrogens with two attached hydrogens (primary N) is 1. The summed E-state index contributed by atoms with van der Waals surface area (Å²) in [6, 6.07) is 3.40. The van der Waals surface area contributed by atoms with E-state index in [9.17, 15) is 13.2 Å². The van der Waals surface area contributed by atoms with E-state index in [1.54, 1.807) is 0 Å². The first-order chi connectivity index (χ1) is 9.68. The quantitative estimate of drug-likeness (QED) is 0.847. The lowest BCUT2D eigenvalue weighted by Gasteiger charge is -2.10. The summed E-state index contributed by atoms with van der Waals surface area (Å²) in [6.45, 7) is 3.98. The number of benzene rings is 1. The topological polar surface area (TPSA) is 38.9 Å². The molecule has 0 aliphatic rings. The highest BCUT2D eigenvalue weighted by Crippen LogP contribution is 2.34. The van der Waals surface area contributed by atoms with Gasteiger partial charge in [-0.3, -0.25) is 0 Å². The Kier molecular flexibility index (Phi) is 4.49. The molecule has 0 atom stereocenters. The predicted molar refractivity (Wildman–Crippen MR) is 79.9 cm³/mol. The Hall–Kier alpha value is -1.27. The van der Waals surface area contributed by atoms with E-state index in [1.807, 2.05) is 13.8 Å². The van der Waals surface area contributed by atoms with Crippen molar-refractivity contribution in [2.45, 2.75) is 32.4 Å². The number of thiazole rings is 1. The molecule has 1 aromatic heterocycles. The minimum absolute atomic E-state index is 0.103. The SMILES string of the molecule is CC(C)c1nc(N)sc1Cc1ccc(C(F)(F)F)cc1Cl. The van der Waals surface area contributed by atoms with E-state index >= 15 is 0 Å². The summed E-state index contributed by atoms with van der Waals surface area (Å²) >= 11 is 7.32. The first kappa shape index (κ1) is 16.1. The first-order valence-electron chi connectivity index (χ1n) is 6.29. The second kappa shape index (κ2) is 5.85. The number of nitrogens with zero attached hydrogens (tertiary/aromatic N) is 1. The highest BCUT2D eigenvalue weighted by Gasteiger charge is 2.31. The van der Waals surface area contributed by atoms with Gasteiger partial charge < -0.3 is 5.73 Å². The summed E-state index contributed by atoms with van der Waals surface area (Å²) in [6.07, 6.45) is -3.96. The van der Waals surface area contributed by atoms with Gasteiger partial charge >= 0.3 is 6.18 Å². The van der Waals surface area contributed by atoms with Crippen LogP contribution in [-0.4, -0.2) is 4.98 Å². The summed E-state index contributed by atoms with van der Waals surface area (Å²) < 4.78 is 37.8. The molecule has 0 aliphatic carbocycles. The van der Waals surface area contributed by atoms with Crippen molar-refractivity contribution < 1.29 is 13.2 Å². The van der Waals surface area contributed by atoms with Gasteiger partial charge in [-0.1, -0.05) is 31.5 Å². The highest BCUT2D eigenvalue weighted by molar-refractivity contribution is 7.15. The Labute approximate surface area is 129 Å². The van der Waals surface area contributed by atoms with Crippen LogP contribution in [0.1, 0.15) is 41.5 Å². The Balaban J connectivity index is 2.33. The highest BCUT2D eigenvalue weighted by atomic mass is 35.5. The van der Waals surface area contributed by atoms with Crippen molar-refractivity contribution >= 4 is 28.1 Å². The van der Waals surface area contributed by atoms with Gasteiger partial charge in [0.2, 0.25) is 0 Å². The number of rotatable bonds is 3. The lowest BCUT2D eigenvalue weighted by Crippen LogP contribution is -2.05. The summed E-state index contributed by atoms with van der Waals surface area (Å²) in [5.41, 5.74) is 6.47. The van der Waals surface area contributed by atoms with Crippen molar-refractivity contribution in [2.24, 2.45) is 0 Å². The molecule has 1 aromatic carbocycles. The standard InChI is InChI=1S/C14H14ClF3N2S/c1-7(2)12-11(21-13(19)20-12)5-8-3-4-9(6-10(8)15)14(16,17)18/h3-4,6-7H,5H2,1-2H3,(H2,19,20). The Morgan fingerprint density at radius 1 is 1.33 bits per heavy atom. The van der Waals surface area contributed by atoms with Crippen LogP contribution in [-0.2, 0) is 12.6 Å². The summed E-state index contributed by atoms with van der Waals surface area (Å²) in [5.74, 6) is 0.196. The van der Waals surface area contributed by atoms with Crippen molar-refractivity contribution in [1.29, 1.82) is 0 Å². The van der Waals surface area contributed by atoms with Crippen LogP contribution in [0.3, 0.4) is 0 Å². The monoisotopic (exact) mass is 334 g/mol. The maximum Gasteiger partial charge on any atom is 0.416 e. The Morgan fingerprint density at radius 2 is 2.00 bits per heavy atom. The van der Waals surface area contributed by atoms with E-state index < -0.39 is 11.7 Å². The third-order valence-electron chi connectivity index (χ3n) is 3.02. The number of hydrogen-bond acceptors (Lipinski definition) is 3. The smallest absolute Gasteiger partial charge is 0.375 e. The van der Waals surface area contributed by atoms with Gasteiger partial charge in [0, 0.05) is 16.3 Å². The van der Waals surface area contributed by atoms with Gasteiger partial charge in [-0.05, 0) is 23.6 Å². The second-order valence-electron chi connectivity index (χ2n) is 5.00. The molecule has 0 spiro atoms. The fraction of sp³-hybridized carbons (Fsp3) is 0.357. The molecule has 0 radical (unpaired) electrons. The lowest BCUT2D eigenvalue weighted by molar-refractivity contribution is -0.137. The van der Waals surface area contributed by atoms with Crippen LogP contribution in [0.15, 0.2) is 18.2 Å². The molecule has 0 fully saturated rings. The van der Waals surface area contributed by atoms with Crippen LogP contribution in [0.2, 0.25) is 5.02 Å². The van der Waals surface area contributed by atoms with Gasteiger partial charge in [-0.15, -0.1) is 11.3 Å². The van der Waals surface area contributed by atoms with Crippen molar-refractivity contribution in [3.63, 3.8) is 0 Å². The molecule has 1 heterocycles. The second-order valence-corrected chi connectivity index (χ2v) is 6.52. The van der Waals surface area contributed by atoms with Crippen LogP contribution < -0.4 is 5.73 Å². The van der Waals surface area contributed by atoms with Crippen LogP contribution in [0, 0.1) is 0 Å². The zero-order valence-electron chi connectivity index (χ0n) is 11.5. The minimum atomic E-state index is -4.39. The van der Waals surface area contributed by atoms with E-state index in [-0.39, 0.29) is 10.9 Å². The fourth-order valence-corrected chi connectivity index (χ4v) is 3.26. The van der Waals surface area contributed by atoms with Crippen molar-refractivity contribution in [2.75, 3.05) is 5.73 Å². The number of anilines is 1. The van der Waals surface area contributed by atoms with Crippen molar-refractivity contribution in [3.05, 3.63) is 44.9 Å². The number of alkyl halides is 3. The van der Waals surface area contributed by atoms with Crippen LogP contribution in [0.25, 0.3) is 0 Å². The van der Waals surface area contributed by atoms with Crippen molar-refractivity contribution in [3.8, 4) is 0 Å². The zero-order chi connectivity index (χ0) is 15.8. The van der Waals surface area contributed by atoms with E-state index in [2.05, 4.69) is 4.98 Å². The number of aromatic nitrogens is 1. The van der Waals surface area contributed by atoms with Gasteiger partial charge in [0.25, 0.3) is 0 Å². The average molecular weight is 335 g/mol. The third kappa shape index (κ3) is 3.68. The fourth-order valence-electron chi connectivity index (χ4n) is 2.00. The molecule has 0 unspecified atom stereocenters. The van der Waals surface area contributed by atoms with E-state index in [4.69, 9.17) is 17.3 Å². The van der Waals surface area contributed by atoms with Gasteiger partial charge in [-0.2, -0.15) is 13.2 Å². The predicted octanol–water partition coefficient (Wildman–Crippen LogP) is 5.11. The zero-order valence-corrected chi connectivity index (χ0v) is 13.0. The lowest BCUT2D eigenvalue weighted by atomic mass is 10.0. The van der Waals surface area contributed by atoms with Crippen molar-refractivity contribution in [1.82, 2.24) is 4.98 Å². The molecule has 0 saturated carbocycles. The molecule has 2 nitrogen and oxygen atoms in total. The summed E-state index contributed by atoms with van der Waals surface area (Å²) in [5, 5.41) is 0.559. The largest absolute Gasteiger partial charge is 0.416 e. The van der Waals surface area contributed by atoms with Gasteiger partial charge in [0.1, 0.15) is 0 Å². The molecule has 0 saturated heterocycles. The van der Waals surface area contributed by atoms with Crippen LogP contribution in [0.4, 0.5) is 18.3 Å². The van der Waals surface area contributed by atoms with E-state index in [0.29, 0.717) is 17.1 Å². The molecule has 0 amide bonds. The van der Waals surface area contributed by atoms with E-state index in [1.165, 1.54) is 17.4 Å². The molecular weight excluding hydrogens is 321 g/mol. The third-order valence-corrected chi connectivity index (χ3v) is 4.27. The molecule has 21 heavy (non-hydrogen) atoms. The normalized spacial score (nSPS) is 12.1. The maximum absolute atomic E-state index is 12.6. The first-order valence-corrected chi connectivity index (χ1v) is 7.48. The number of hydrogen-bond donors (Lipinski definition) is 1. The molecule has 2 rings (SSSR count). The van der Waals surface area contributed by atoms with Crippen LogP contribution >= 0.6 is 22.9 Å². The summed E-state index contributed by atoms with van der Waals surface area (Å²) in [7, 11) is 0. The Bertz CT molecular complexity index is 650. The molecule has 0 bridgehead atoms. The number of halogens is 4. The summed E-state index contributed by atoms with van der Waals surface area (Å²) in [4.78, 5) is 5.20. The van der Waals surface area contributed by atoms with Gasteiger partial charge in [0.15, 0.2) is 5.13 Å². The van der Waals surface area contributed by atoms with Gasteiger partial charge in [-0.25, -0.2) is 4.98 Å². The van der Waals surface area contributed by atoms with Crippen LogP contribution in [0.5, 0.6) is 0 Å². The van der Waals surface area contributed by atoms with E-state index in [0.717, 1.165) is 22.7 Å². The molecular formula is C14H14ClF3N2S. The molecule has 2 N–H and O–H groups in total. The van der Waals surface area contributed by atoms with Gasteiger partial charge in [0.05, 0.1) is 11.3 Å². The average Bonchev–Trinajstić information content (AvgIpc) is 2.72. The molecule has 7 heteroatoms. The minimum Gasteiger partial charge on any atom is -0.375 e.